The molecule has 2 saturated heterocycles. The molecule has 2 aliphatic heterocycles. The molecule has 0 saturated carbocycles. The van der Waals surface area contributed by atoms with Crippen molar-refractivity contribution in [3.8, 4) is 0 Å². The minimum absolute atomic E-state index is 0.630. The van der Waals surface area contributed by atoms with E-state index in [-0.39, 0.29) is 0 Å². The lowest BCUT2D eigenvalue weighted by atomic mass is 10.1. The molecule has 0 spiro atoms. The summed E-state index contributed by atoms with van der Waals surface area (Å²) < 4.78 is 0. The SMILES string of the molecule is C=C(CN)CN1CCN2CCCC2C1. The number of piperazine rings is 1. The van der Waals surface area contributed by atoms with Gasteiger partial charge >= 0.3 is 0 Å². The fraction of sp³-hybridized carbons (Fsp3) is 0.818. The van der Waals surface area contributed by atoms with Crippen molar-refractivity contribution in [1.82, 2.24) is 9.80 Å². The Morgan fingerprint density at radius 2 is 2.21 bits per heavy atom. The van der Waals surface area contributed by atoms with E-state index in [0.29, 0.717) is 6.54 Å². The molecule has 1 unspecified atom stereocenters. The Balaban J connectivity index is 1.82. The average molecular weight is 195 g/mol. The highest BCUT2D eigenvalue weighted by atomic mass is 15.3. The molecular formula is C11H21N3. The third kappa shape index (κ3) is 2.16. The van der Waals surface area contributed by atoms with E-state index in [4.69, 9.17) is 5.73 Å². The van der Waals surface area contributed by atoms with Gasteiger partial charge in [0.05, 0.1) is 0 Å². The molecule has 0 aromatic heterocycles. The topological polar surface area (TPSA) is 32.5 Å². The molecule has 2 N–H and O–H groups in total. The summed E-state index contributed by atoms with van der Waals surface area (Å²) in [6.07, 6.45) is 2.77. The van der Waals surface area contributed by atoms with Crippen molar-refractivity contribution in [3.05, 3.63) is 12.2 Å². The third-order valence-electron chi connectivity index (χ3n) is 3.41. The van der Waals surface area contributed by atoms with E-state index in [1.807, 2.05) is 0 Å². The van der Waals surface area contributed by atoms with Crippen molar-refractivity contribution in [2.75, 3.05) is 39.3 Å². The van der Waals surface area contributed by atoms with Gasteiger partial charge in [-0.1, -0.05) is 6.58 Å². The molecule has 2 aliphatic rings. The quantitative estimate of drug-likeness (QED) is 0.657. The molecule has 0 aromatic rings. The van der Waals surface area contributed by atoms with Crippen LogP contribution < -0.4 is 5.73 Å². The van der Waals surface area contributed by atoms with Gasteiger partial charge in [-0.2, -0.15) is 0 Å². The first-order valence-corrected chi connectivity index (χ1v) is 5.62. The average Bonchev–Trinajstić information content (AvgIpc) is 2.64. The number of rotatable bonds is 3. The zero-order valence-electron chi connectivity index (χ0n) is 8.91. The summed E-state index contributed by atoms with van der Waals surface area (Å²) in [6.45, 7) is 10.6. The maximum absolute atomic E-state index is 5.56. The van der Waals surface area contributed by atoms with Gasteiger partial charge in [-0.25, -0.2) is 0 Å². The third-order valence-corrected chi connectivity index (χ3v) is 3.41. The van der Waals surface area contributed by atoms with E-state index in [1.165, 1.54) is 39.0 Å². The van der Waals surface area contributed by atoms with Gasteiger partial charge in [-0.15, -0.1) is 0 Å². The van der Waals surface area contributed by atoms with Gasteiger partial charge in [-0.05, 0) is 25.0 Å². The molecule has 0 aromatic carbocycles. The molecule has 80 valence electrons. The number of hydrogen-bond donors (Lipinski definition) is 1. The first-order valence-electron chi connectivity index (χ1n) is 5.62. The lowest BCUT2D eigenvalue weighted by Gasteiger charge is -2.37. The van der Waals surface area contributed by atoms with Crippen molar-refractivity contribution < 1.29 is 0 Å². The molecule has 3 heteroatoms. The second-order valence-electron chi connectivity index (χ2n) is 4.52. The Hall–Kier alpha value is -0.380. The summed E-state index contributed by atoms with van der Waals surface area (Å²) in [5.41, 5.74) is 6.72. The van der Waals surface area contributed by atoms with E-state index < -0.39 is 0 Å². The van der Waals surface area contributed by atoms with E-state index in [1.54, 1.807) is 0 Å². The van der Waals surface area contributed by atoms with Crippen LogP contribution in [-0.2, 0) is 0 Å². The lowest BCUT2D eigenvalue weighted by Crippen LogP contribution is -2.50. The Morgan fingerprint density at radius 3 is 3.00 bits per heavy atom. The van der Waals surface area contributed by atoms with Gasteiger partial charge in [0.15, 0.2) is 0 Å². The van der Waals surface area contributed by atoms with Crippen LogP contribution in [0.3, 0.4) is 0 Å². The maximum Gasteiger partial charge on any atom is 0.0224 e. The van der Waals surface area contributed by atoms with Crippen LogP contribution >= 0.6 is 0 Å². The Kier molecular flexibility index (Phi) is 3.21. The van der Waals surface area contributed by atoms with Gasteiger partial charge in [0.2, 0.25) is 0 Å². The molecule has 0 radical (unpaired) electrons. The number of hydrogen-bond acceptors (Lipinski definition) is 3. The second kappa shape index (κ2) is 4.43. The van der Waals surface area contributed by atoms with Crippen LogP contribution in [0.15, 0.2) is 12.2 Å². The summed E-state index contributed by atoms with van der Waals surface area (Å²) in [5, 5.41) is 0. The van der Waals surface area contributed by atoms with Gasteiger partial charge in [-0.3, -0.25) is 9.80 Å². The first kappa shape index (κ1) is 10.1. The Bertz CT molecular complexity index is 215. The summed E-state index contributed by atoms with van der Waals surface area (Å²) >= 11 is 0. The predicted molar refractivity (Wildman–Crippen MR) is 59.2 cm³/mol. The molecule has 3 nitrogen and oxygen atoms in total. The molecule has 0 bridgehead atoms. The van der Waals surface area contributed by atoms with Crippen LogP contribution in [0.2, 0.25) is 0 Å². The van der Waals surface area contributed by atoms with Gasteiger partial charge in [0, 0.05) is 38.8 Å². The van der Waals surface area contributed by atoms with E-state index in [2.05, 4.69) is 16.4 Å². The summed E-state index contributed by atoms with van der Waals surface area (Å²) in [7, 11) is 0. The van der Waals surface area contributed by atoms with Gasteiger partial charge < -0.3 is 5.73 Å². The molecule has 14 heavy (non-hydrogen) atoms. The smallest absolute Gasteiger partial charge is 0.0224 e. The highest BCUT2D eigenvalue weighted by Crippen LogP contribution is 2.21. The van der Waals surface area contributed by atoms with E-state index >= 15 is 0 Å². The molecular weight excluding hydrogens is 174 g/mol. The summed E-state index contributed by atoms with van der Waals surface area (Å²) in [6, 6.07) is 0.814. The zero-order valence-corrected chi connectivity index (χ0v) is 8.91. The van der Waals surface area contributed by atoms with Crippen LogP contribution in [0.1, 0.15) is 12.8 Å². The van der Waals surface area contributed by atoms with E-state index in [0.717, 1.165) is 18.2 Å². The number of nitrogens with zero attached hydrogens (tertiary/aromatic N) is 2. The standard InChI is InChI=1S/C11H21N3/c1-10(7-12)8-13-5-6-14-4-2-3-11(14)9-13/h11H,1-9,12H2. The van der Waals surface area contributed by atoms with Crippen LogP contribution in [0.4, 0.5) is 0 Å². The normalized spacial score (nSPS) is 29.1. The fourth-order valence-corrected chi connectivity index (χ4v) is 2.58. The largest absolute Gasteiger partial charge is 0.327 e. The van der Waals surface area contributed by atoms with Crippen LogP contribution in [-0.4, -0.2) is 55.1 Å². The van der Waals surface area contributed by atoms with Crippen LogP contribution in [0.5, 0.6) is 0 Å². The predicted octanol–water partition coefficient (Wildman–Crippen LogP) is 0.281. The summed E-state index contributed by atoms with van der Waals surface area (Å²) in [4.78, 5) is 5.13. The highest BCUT2D eigenvalue weighted by molar-refractivity contribution is 5.00. The molecule has 0 amide bonds. The molecule has 0 aliphatic carbocycles. The number of fused-ring (bicyclic) bond motifs is 1. The van der Waals surface area contributed by atoms with Crippen molar-refractivity contribution in [2.45, 2.75) is 18.9 Å². The first-order chi connectivity index (χ1) is 6.79. The minimum Gasteiger partial charge on any atom is -0.327 e. The zero-order chi connectivity index (χ0) is 9.97. The maximum atomic E-state index is 5.56. The Morgan fingerprint density at radius 1 is 1.36 bits per heavy atom. The molecule has 2 rings (SSSR count). The minimum atomic E-state index is 0.630. The van der Waals surface area contributed by atoms with Crippen LogP contribution in [0.25, 0.3) is 0 Å². The molecule has 2 fully saturated rings. The van der Waals surface area contributed by atoms with Crippen molar-refractivity contribution >= 4 is 0 Å². The lowest BCUT2D eigenvalue weighted by molar-refractivity contribution is 0.112. The van der Waals surface area contributed by atoms with E-state index in [9.17, 15) is 0 Å². The molecule has 2 heterocycles. The van der Waals surface area contributed by atoms with Crippen molar-refractivity contribution in [1.29, 1.82) is 0 Å². The van der Waals surface area contributed by atoms with Crippen molar-refractivity contribution in [2.24, 2.45) is 5.73 Å². The fourth-order valence-electron chi connectivity index (χ4n) is 2.58. The second-order valence-corrected chi connectivity index (χ2v) is 4.52. The summed E-state index contributed by atoms with van der Waals surface area (Å²) in [5.74, 6) is 0. The van der Waals surface area contributed by atoms with Gasteiger partial charge in [0.25, 0.3) is 0 Å². The van der Waals surface area contributed by atoms with Crippen molar-refractivity contribution in [3.63, 3.8) is 0 Å². The highest BCUT2D eigenvalue weighted by Gasteiger charge is 2.30. The monoisotopic (exact) mass is 195 g/mol. The molecule has 1 atom stereocenters. The number of nitrogens with two attached hydrogens (primary N) is 1. The Labute approximate surface area is 86.5 Å². The van der Waals surface area contributed by atoms with Gasteiger partial charge in [0.1, 0.15) is 0 Å². The van der Waals surface area contributed by atoms with Crippen LogP contribution in [0, 0.1) is 0 Å².